The molecule has 8 rings (SSSR count). The minimum atomic E-state index is -0.505. The van der Waals surface area contributed by atoms with Crippen LogP contribution in [0, 0.1) is 22.7 Å². The molecule has 4 aromatic rings. The summed E-state index contributed by atoms with van der Waals surface area (Å²) < 4.78 is 22.7. The molecule has 0 radical (unpaired) electrons. The number of carbonyl (C=O) groups is 1. The Morgan fingerprint density at radius 2 is 1.24 bits per heavy atom. The summed E-state index contributed by atoms with van der Waals surface area (Å²) in [6.07, 6.45) is 7.06. The second-order valence-electron chi connectivity index (χ2n) is 13.5. The first-order valence-electron chi connectivity index (χ1n) is 16.2. The van der Waals surface area contributed by atoms with Crippen LogP contribution in [0.5, 0.6) is 11.5 Å². The van der Waals surface area contributed by atoms with Gasteiger partial charge in [-0.2, -0.15) is 10.5 Å². The number of nitrogens with one attached hydrogen (secondary N) is 1. The zero-order valence-corrected chi connectivity index (χ0v) is 27.0. The van der Waals surface area contributed by atoms with E-state index in [1.165, 1.54) is 5.69 Å². The molecular weight excluding hydrogens is 616 g/mol. The van der Waals surface area contributed by atoms with Crippen molar-refractivity contribution in [1.29, 1.82) is 10.5 Å². The topological polar surface area (TPSA) is 117 Å². The summed E-state index contributed by atoms with van der Waals surface area (Å²) in [6.45, 7) is 8.66. The third-order valence-electron chi connectivity index (χ3n) is 9.37. The maximum atomic E-state index is 12.4. The van der Waals surface area contributed by atoms with Crippen LogP contribution >= 0.6 is 0 Å². The molecule has 10 heteroatoms. The quantitative estimate of drug-likeness (QED) is 0.207. The number of nitriles is 2. The highest BCUT2D eigenvalue weighted by atomic mass is 16.6. The van der Waals surface area contributed by atoms with Crippen LogP contribution in [0.15, 0.2) is 73.1 Å². The molecule has 4 aliphatic rings. The van der Waals surface area contributed by atoms with Gasteiger partial charge in [0.15, 0.2) is 11.2 Å². The minimum absolute atomic E-state index is 0. The van der Waals surface area contributed by atoms with Crippen molar-refractivity contribution < 1.29 is 19.0 Å². The Morgan fingerprint density at radius 1 is 0.776 bits per heavy atom. The SMILES string of the molecule is C.C.CC(C)(C)OC(=O)N1CCC2(CC1)Oc1cc(C#N)ccc1-n1cccc12.N#Cc1ccc2c(c1)OC1(CCNCC1)c1cccn1-2. The van der Waals surface area contributed by atoms with Crippen molar-refractivity contribution >= 4 is 6.09 Å². The van der Waals surface area contributed by atoms with E-state index in [1.54, 1.807) is 17.0 Å². The fourth-order valence-electron chi connectivity index (χ4n) is 7.10. The molecular formula is C39H46N6O4. The Bertz CT molecular complexity index is 1910. The Labute approximate surface area is 289 Å². The molecule has 0 saturated carbocycles. The predicted molar refractivity (Wildman–Crippen MR) is 188 cm³/mol. The molecule has 2 fully saturated rings. The van der Waals surface area contributed by atoms with Crippen molar-refractivity contribution in [3.8, 4) is 35.0 Å². The zero-order valence-electron chi connectivity index (χ0n) is 27.0. The van der Waals surface area contributed by atoms with E-state index >= 15 is 0 Å². The molecule has 256 valence electrons. The predicted octanol–water partition coefficient (Wildman–Crippen LogP) is 7.56. The van der Waals surface area contributed by atoms with Crippen molar-refractivity contribution in [2.24, 2.45) is 0 Å². The highest BCUT2D eigenvalue weighted by molar-refractivity contribution is 5.68. The van der Waals surface area contributed by atoms with E-state index in [4.69, 9.17) is 19.5 Å². The van der Waals surface area contributed by atoms with Gasteiger partial charge in [0.1, 0.15) is 17.1 Å². The highest BCUT2D eigenvalue weighted by Crippen LogP contribution is 2.46. The zero-order chi connectivity index (χ0) is 32.8. The number of nitrogens with zero attached hydrogens (tertiary/aromatic N) is 5. The summed E-state index contributed by atoms with van der Waals surface area (Å²) in [5.41, 5.74) is 4.23. The van der Waals surface area contributed by atoms with Crippen molar-refractivity contribution in [2.75, 3.05) is 26.2 Å². The number of benzene rings is 2. The van der Waals surface area contributed by atoms with Gasteiger partial charge in [-0.3, -0.25) is 0 Å². The first-order valence-corrected chi connectivity index (χ1v) is 16.2. The molecule has 1 amide bonds. The highest BCUT2D eigenvalue weighted by Gasteiger charge is 2.45. The Morgan fingerprint density at radius 3 is 1.69 bits per heavy atom. The van der Waals surface area contributed by atoms with E-state index in [2.05, 4.69) is 51.0 Å². The van der Waals surface area contributed by atoms with Gasteiger partial charge in [0.05, 0.1) is 46.0 Å². The average molecular weight is 663 g/mol. The number of amides is 1. The maximum absolute atomic E-state index is 12.4. The number of aromatic nitrogens is 2. The van der Waals surface area contributed by atoms with Gasteiger partial charge in [-0.15, -0.1) is 0 Å². The van der Waals surface area contributed by atoms with Gasteiger partial charge >= 0.3 is 6.09 Å². The van der Waals surface area contributed by atoms with E-state index < -0.39 is 11.2 Å². The van der Waals surface area contributed by atoms with E-state index in [0.717, 1.165) is 48.7 Å². The van der Waals surface area contributed by atoms with Gasteiger partial charge in [-0.25, -0.2) is 4.79 Å². The van der Waals surface area contributed by atoms with Crippen molar-refractivity contribution in [3.63, 3.8) is 0 Å². The first-order chi connectivity index (χ1) is 22.6. The lowest BCUT2D eigenvalue weighted by Crippen LogP contribution is -2.50. The van der Waals surface area contributed by atoms with E-state index in [9.17, 15) is 10.1 Å². The van der Waals surface area contributed by atoms with E-state index in [-0.39, 0.29) is 26.5 Å². The Kier molecular flexibility index (Phi) is 9.59. The largest absolute Gasteiger partial charge is 0.479 e. The fourth-order valence-corrected chi connectivity index (χ4v) is 7.10. The molecule has 10 nitrogen and oxygen atoms in total. The van der Waals surface area contributed by atoms with Gasteiger partial charge in [-0.1, -0.05) is 14.9 Å². The van der Waals surface area contributed by atoms with E-state index in [1.807, 2.05) is 57.3 Å². The molecule has 1 N–H and O–H groups in total. The van der Waals surface area contributed by atoms with Gasteiger partial charge in [0.25, 0.3) is 0 Å². The molecule has 0 atom stereocenters. The molecule has 2 aromatic heterocycles. The van der Waals surface area contributed by atoms with Crippen molar-refractivity contribution in [2.45, 2.75) is 78.1 Å². The summed E-state index contributed by atoms with van der Waals surface area (Å²) in [5.74, 6) is 1.53. The maximum Gasteiger partial charge on any atom is 0.410 e. The number of fused-ring (bicyclic) bond motifs is 8. The Balaban J connectivity index is 0.000000191. The number of ether oxygens (including phenoxy) is 3. The van der Waals surface area contributed by atoms with Crippen LogP contribution in [-0.4, -0.2) is 51.9 Å². The fraction of sp³-hybridized carbons (Fsp3) is 0.410. The van der Waals surface area contributed by atoms with Crippen LogP contribution < -0.4 is 14.8 Å². The van der Waals surface area contributed by atoms with Gasteiger partial charge in [0, 0.05) is 63.3 Å². The van der Waals surface area contributed by atoms with Crippen LogP contribution in [0.2, 0.25) is 0 Å². The van der Waals surface area contributed by atoms with Gasteiger partial charge < -0.3 is 33.6 Å². The monoisotopic (exact) mass is 662 g/mol. The number of carbonyl (C=O) groups excluding carboxylic acids is 1. The first kappa shape index (κ1) is 35.1. The molecule has 2 aromatic carbocycles. The average Bonchev–Trinajstić information content (AvgIpc) is 3.77. The smallest absolute Gasteiger partial charge is 0.410 e. The Hall–Kier alpha value is -5.19. The molecule has 49 heavy (non-hydrogen) atoms. The number of hydrogen-bond donors (Lipinski definition) is 1. The van der Waals surface area contributed by atoms with Crippen molar-refractivity contribution in [3.05, 3.63) is 95.6 Å². The number of hydrogen-bond acceptors (Lipinski definition) is 7. The molecule has 2 saturated heterocycles. The van der Waals surface area contributed by atoms with Crippen LogP contribution in [0.1, 0.15) is 83.8 Å². The lowest BCUT2D eigenvalue weighted by atomic mass is 9.86. The summed E-state index contributed by atoms with van der Waals surface area (Å²) in [7, 11) is 0. The third-order valence-corrected chi connectivity index (χ3v) is 9.37. The molecule has 6 heterocycles. The van der Waals surface area contributed by atoms with Crippen molar-refractivity contribution in [1.82, 2.24) is 19.4 Å². The van der Waals surface area contributed by atoms with E-state index in [0.29, 0.717) is 42.8 Å². The lowest BCUT2D eigenvalue weighted by Gasteiger charge is -2.45. The molecule has 4 aliphatic heterocycles. The van der Waals surface area contributed by atoms with Crippen LogP contribution in [0.3, 0.4) is 0 Å². The van der Waals surface area contributed by atoms with Crippen LogP contribution in [-0.2, 0) is 15.9 Å². The lowest BCUT2D eigenvalue weighted by molar-refractivity contribution is -0.0268. The standard InChI is InChI=1S/C21H23N3O3.C16H15N3O.2CH4/c1-20(2,3)27-19(25)23-11-8-21(9-12-23)18-5-4-10-24(18)16-7-6-15(14-22)13-17(16)26-21;17-11-12-3-4-13-14(10-12)20-16(5-7-18-8-6-16)15-2-1-9-19(13)15;;/h4-7,10,13H,8-9,11-12H2,1-3H3;1-4,9-10,18H,5-8H2;2*1H4. The number of likely N-dealkylation sites (tertiary alicyclic amines) is 1. The van der Waals surface area contributed by atoms with Crippen LogP contribution in [0.25, 0.3) is 11.4 Å². The second-order valence-corrected chi connectivity index (χ2v) is 13.5. The number of piperidine rings is 2. The molecule has 2 spiro atoms. The molecule has 0 bridgehead atoms. The normalized spacial score (nSPS) is 17.3. The summed E-state index contributed by atoms with van der Waals surface area (Å²) in [6, 6.07) is 23.8. The molecule has 0 unspecified atom stereocenters. The third kappa shape index (κ3) is 6.37. The second kappa shape index (κ2) is 13.4. The van der Waals surface area contributed by atoms with Gasteiger partial charge in [0.2, 0.25) is 0 Å². The van der Waals surface area contributed by atoms with Crippen LogP contribution in [0.4, 0.5) is 4.79 Å². The minimum Gasteiger partial charge on any atom is -0.479 e. The number of rotatable bonds is 0. The summed E-state index contributed by atoms with van der Waals surface area (Å²) >= 11 is 0. The van der Waals surface area contributed by atoms with Gasteiger partial charge in [-0.05, 0) is 82.4 Å². The molecule has 0 aliphatic carbocycles. The summed E-state index contributed by atoms with van der Waals surface area (Å²) in [5, 5.41) is 21.7. The summed E-state index contributed by atoms with van der Waals surface area (Å²) in [4.78, 5) is 14.1.